The molecule has 1 aliphatic carbocycles. The molecule has 0 fully saturated rings. The Bertz CT molecular complexity index is 1110. The molecule has 5 heteroatoms. The van der Waals surface area contributed by atoms with E-state index in [1.54, 1.807) is 13.2 Å². The zero-order valence-corrected chi connectivity index (χ0v) is 19.4. The number of anilines is 1. The Balaban J connectivity index is 2.25. The van der Waals surface area contributed by atoms with E-state index in [0.717, 1.165) is 29.4 Å². The second kappa shape index (κ2) is 10.9. The molecule has 1 unspecified atom stereocenters. The highest BCUT2D eigenvalue weighted by Crippen LogP contribution is 2.37. The standard InChI is InChI=1S/C27H32FN3O/c1-6-9-10-20(8-3)26-30-25-23(27(31-26)29-12-11-28)16-22(17-24(25)32-5)21-14-18(4)13-19(7-2)15-21/h6,8-10,14-17,19H,3,7,11-13H2,1-2,4-5H3,(H,29,30,31). The van der Waals surface area contributed by atoms with Crippen molar-refractivity contribution >= 4 is 27.9 Å². The summed E-state index contributed by atoms with van der Waals surface area (Å²) in [4.78, 5) is 9.51. The first kappa shape index (κ1) is 23.5. The van der Waals surface area contributed by atoms with Gasteiger partial charge in [0.05, 0.1) is 7.11 Å². The van der Waals surface area contributed by atoms with Crippen molar-refractivity contribution in [1.29, 1.82) is 0 Å². The minimum atomic E-state index is -0.494. The number of fused-ring (bicyclic) bond motifs is 1. The zero-order chi connectivity index (χ0) is 23.1. The zero-order valence-electron chi connectivity index (χ0n) is 19.4. The first-order valence-electron chi connectivity index (χ1n) is 11.1. The minimum Gasteiger partial charge on any atom is -0.494 e. The first-order valence-corrected chi connectivity index (χ1v) is 11.1. The summed E-state index contributed by atoms with van der Waals surface area (Å²) in [6.45, 7) is 9.89. The van der Waals surface area contributed by atoms with E-state index in [1.165, 1.54) is 11.1 Å². The molecule has 1 aromatic heterocycles. The molecule has 0 aliphatic heterocycles. The molecule has 2 aromatic rings. The van der Waals surface area contributed by atoms with E-state index in [1.807, 2.05) is 31.2 Å². The predicted molar refractivity (Wildman–Crippen MR) is 134 cm³/mol. The monoisotopic (exact) mass is 433 g/mol. The number of hydrogen-bond donors (Lipinski definition) is 1. The number of ether oxygens (including phenoxy) is 1. The highest BCUT2D eigenvalue weighted by molar-refractivity contribution is 5.97. The summed E-state index contributed by atoms with van der Waals surface area (Å²) in [7, 11) is 1.64. The number of nitrogens with one attached hydrogen (secondary N) is 1. The third kappa shape index (κ3) is 5.16. The Morgan fingerprint density at radius 2 is 2.16 bits per heavy atom. The summed E-state index contributed by atoms with van der Waals surface area (Å²) in [5.41, 5.74) is 5.03. The number of rotatable bonds is 9. The van der Waals surface area contributed by atoms with Gasteiger partial charge in [0, 0.05) is 17.5 Å². The fourth-order valence-electron chi connectivity index (χ4n) is 3.93. The Morgan fingerprint density at radius 3 is 2.81 bits per heavy atom. The smallest absolute Gasteiger partial charge is 0.162 e. The van der Waals surface area contributed by atoms with Gasteiger partial charge in [-0.1, -0.05) is 55.5 Å². The summed E-state index contributed by atoms with van der Waals surface area (Å²) >= 11 is 0. The van der Waals surface area contributed by atoms with Crippen LogP contribution in [0.15, 0.2) is 60.7 Å². The molecule has 0 bridgehead atoms. The molecule has 4 nitrogen and oxygen atoms in total. The van der Waals surface area contributed by atoms with Crippen LogP contribution in [0.4, 0.5) is 10.2 Å². The van der Waals surface area contributed by atoms with Crippen molar-refractivity contribution in [2.75, 3.05) is 25.6 Å². The third-order valence-electron chi connectivity index (χ3n) is 5.58. The molecule has 3 rings (SSSR count). The van der Waals surface area contributed by atoms with Crippen molar-refractivity contribution in [3.63, 3.8) is 0 Å². The average molecular weight is 434 g/mol. The molecule has 0 amide bonds. The average Bonchev–Trinajstić information content (AvgIpc) is 2.81. The van der Waals surface area contributed by atoms with E-state index in [2.05, 4.69) is 44.0 Å². The van der Waals surface area contributed by atoms with E-state index in [9.17, 15) is 4.39 Å². The van der Waals surface area contributed by atoms with Crippen molar-refractivity contribution in [2.45, 2.75) is 33.6 Å². The lowest BCUT2D eigenvalue weighted by molar-refractivity contribution is 0.418. The lowest BCUT2D eigenvalue weighted by atomic mass is 9.86. The summed E-state index contributed by atoms with van der Waals surface area (Å²) in [5.74, 6) is 2.27. The molecule has 1 N–H and O–H groups in total. The Hall–Kier alpha value is -3.21. The molecule has 0 saturated carbocycles. The van der Waals surface area contributed by atoms with Gasteiger partial charge in [0.2, 0.25) is 0 Å². The normalized spacial score (nSPS) is 16.8. The van der Waals surface area contributed by atoms with Crippen molar-refractivity contribution < 1.29 is 9.13 Å². The van der Waals surface area contributed by atoms with Crippen molar-refractivity contribution in [2.24, 2.45) is 5.92 Å². The molecule has 32 heavy (non-hydrogen) atoms. The van der Waals surface area contributed by atoms with Gasteiger partial charge >= 0.3 is 0 Å². The molecule has 1 aromatic carbocycles. The molecule has 168 valence electrons. The number of hydrogen-bond acceptors (Lipinski definition) is 4. The van der Waals surface area contributed by atoms with Gasteiger partial charge in [-0.3, -0.25) is 0 Å². The minimum absolute atomic E-state index is 0.166. The number of halogens is 1. The van der Waals surface area contributed by atoms with Crippen LogP contribution in [0.1, 0.15) is 45.0 Å². The van der Waals surface area contributed by atoms with E-state index in [0.29, 0.717) is 28.8 Å². The SMILES string of the molecule is C=CC(=CC=CC)c1nc(NCCF)c2cc(C3=CC(CC)CC(C)=C3)cc(OC)c2n1. The number of alkyl halides is 1. The van der Waals surface area contributed by atoms with E-state index in [-0.39, 0.29) is 6.54 Å². The highest BCUT2D eigenvalue weighted by atomic mass is 19.1. The molecule has 1 heterocycles. The first-order chi connectivity index (χ1) is 15.5. The van der Waals surface area contributed by atoms with Crippen LogP contribution < -0.4 is 10.1 Å². The van der Waals surface area contributed by atoms with Gasteiger partial charge in [-0.15, -0.1) is 0 Å². The second-order valence-corrected chi connectivity index (χ2v) is 7.92. The van der Waals surface area contributed by atoms with Gasteiger partial charge in [0.1, 0.15) is 23.8 Å². The van der Waals surface area contributed by atoms with Gasteiger partial charge < -0.3 is 10.1 Å². The van der Waals surface area contributed by atoms with Crippen molar-refractivity contribution in [3.05, 3.63) is 72.1 Å². The van der Waals surface area contributed by atoms with E-state index >= 15 is 0 Å². The lowest BCUT2D eigenvalue weighted by Crippen LogP contribution is -2.09. The van der Waals surface area contributed by atoms with Crippen LogP contribution in [0.5, 0.6) is 5.75 Å². The Morgan fingerprint density at radius 1 is 1.34 bits per heavy atom. The summed E-state index contributed by atoms with van der Waals surface area (Å²) in [6, 6.07) is 4.09. The van der Waals surface area contributed by atoms with Crippen LogP contribution in [-0.4, -0.2) is 30.3 Å². The summed E-state index contributed by atoms with van der Waals surface area (Å²) < 4.78 is 18.8. The molecule has 0 radical (unpaired) electrons. The van der Waals surface area contributed by atoms with Gasteiger partial charge in [0.25, 0.3) is 0 Å². The fourth-order valence-corrected chi connectivity index (χ4v) is 3.93. The summed E-state index contributed by atoms with van der Waals surface area (Å²) in [6.07, 6.45) is 14.2. The van der Waals surface area contributed by atoms with Crippen LogP contribution in [0.3, 0.4) is 0 Å². The predicted octanol–water partition coefficient (Wildman–Crippen LogP) is 6.92. The number of aromatic nitrogens is 2. The molecule has 1 atom stereocenters. The number of benzene rings is 1. The molecular weight excluding hydrogens is 401 g/mol. The summed E-state index contributed by atoms with van der Waals surface area (Å²) in [5, 5.41) is 3.93. The lowest BCUT2D eigenvalue weighted by Gasteiger charge is -2.20. The van der Waals surface area contributed by atoms with E-state index in [4.69, 9.17) is 14.7 Å². The van der Waals surface area contributed by atoms with Crippen molar-refractivity contribution in [1.82, 2.24) is 9.97 Å². The topological polar surface area (TPSA) is 47.0 Å². The maximum Gasteiger partial charge on any atom is 0.162 e. The molecule has 0 spiro atoms. The Labute approximate surface area is 190 Å². The number of allylic oxidation sites excluding steroid dienone is 9. The molecule has 0 saturated heterocycles. The van der Waals surface area contributed by atoms with Crippen LogP contribution in [0.2, 0.25) is 0 Å². The van der Waals surface area contributed by atoms with Gasteiger partial charge in [-0.2, -0.15) is 0 Å². The molecule has 1 aliphatic rings. The molecular formula is C27H32FN3O. The maximum absolute atomic E-state index is 13.0. The largest absolute Gasteiger partial charge is 0.494 e. The third-order valence-corrected chi connectivity index (χ3v) is 5.58. The van der Waals surface area contributed by atoms with Crippen LogP contribution in [-0.2, 0) is 0 Å². The van der Waals surface area contributed by atoms with E-state index < -0.39 is 6.67 Å². The van der Waals surface area contributed by atoms with Gasteiger partial charge in [-0.25, -0.2) is 14.4 Å². The van der Waals surface area contributed by atoms with Crippen LogP contribution in [0, 0.1) is 5.92 Å². The quantitative estimate of drug-likeness (QED) is 0.436. The number of nitrogens with zero attached hydrogens (tertiary/aromatic N) is 2. The fraction of sp³-hybridized carbons (Fsp3) is 0.333. The van der Waals surface area contributed by atoms with Crippen LogP contribution >= 0.6 is 0 Å². The number of methoxy groups -OCH3 is 1. The maximum atomic E-state index is 13.0. The van der Waals surface area contributed by atoms with Gasteiger partial charge in [0.15, 0.2) is 5.82 Å². The second-order valence-electron chi connectivity index (χ2n) is 7.92. The highest BCUT2D eigenvalue weighted by Gasteiger charge is 2.18. The van der Waals surface area contributed by atoms with Crippen LogP contribution in [0.25, 0.3) is 22.0 Å². The van der Waals surface area contributed by atoms with Crippen molar-refractivity contribution in [3.8, 4) is 5.75 Å². The Kier molecular flexibility index (Phi) is 7.98. The van der Waals surface area contributed by atoms with Gasteiger partial charge in [-0.05, 0) is 55.9 Å².